The van der Waals surface area contributed by atoms with Gasteiger partial charge in [-0.25, -0.2) is 0 Å². The highest BCUT2D eigenvalue weighted by atomic mass is 19.4. The third-order valence-electron chi connectivity index (χ3n) is 4.39. The maximum absolute atomic E-state index is 13.7. The fraction of sp³-hybridized carbons (Fsp3) is 0.0476. The lowest BCUT2D eigenvalue weighted by Gasteiger charge is -2.18. The van der Waals surface area contributed by atoms with E-state index in [-0.39, 0.29) is 16.9 Å². The first kappa shape index (κ1) is 15.5. The quantitative estimate of drug-likeness (QED) is 0.427. The minimum atomic E-state index is -4.53. The molecule has 0 bridgehead atoms. The van der Waals surface area contributed by atoms with E-state index in [1.807, 2.05) is 12.1 Å². The van der Waals surface area contributed by atoms with Crippen LogP contribution >= 0.6 is 0 Å². The summed E-state index contributed by atoms with van der Waals surface area (Å²) in [6.45, 7) is 0. The Morgan fingerprint density at radius 3 is 1.72 bits per heavy atom. The van der Waals surface area contributed by atoms with Crippen LogP contribution in [0.2, 0.25) is 0 Å². The van der Waals surface area contributed by atoms with E-state index in [1.165, 1.54) is 12.1 Å². The molecule has 1 N–H and O–H groups in total. The lowest BCUT2D eigenvalue weighted by molar-refractivity contribution is -0.137. The first-order chi connectivity index (χ1) is 12.0. The van der Waals surface area contributed by atoms with Gasteiger partial charge in [0.2, 0.25) is 0 Å². The summed E-state index contributed by atoms with van der Waals surface area (Å²) in [7, 11) is 0. The molecule has 0 aliphatic heterocycles. The predicted octanol–water partition coefficient (Wildman–Crippen LogP) is 6.38. The summed E-state index contributed by atoms with van der Waals surface area (Å²) in [6, 6.07) is 19.7. The Morgan fingerprint density at radius 1 is 0.600 bits per heavy atom. The fourth-order valence-electron chi connectivity index (χ4n) is 3.30. The maximum Gasteiger partial charge on any atom is 0.417 e. The number of rotatable bonds is 1. The van der Waals surface area contributed by atoms with Gasteiger partial charge in [0, 0.05) is 11.1 Å². The largest absolute Gasteiger partial charge is 0.507 e. The normalized spacial score (nSPS) is 12.0. The van der Waals surface area contributed by atoms with Crippen molar-refractivity contribution in [3.63, 3.8) is 0 Å². The number of aromatic hydroxyl groups is 1. The van der Waals surface area contributed by atoms with Gasteiger partial charge < -0.3 is 5.11 Å². The third-order valence-corrected chi connectivity index (χ3v) is 4.39. The molecule has 1 nitrogen and oxygen atoms in total. The third kappa shape index (κ3) is 2.50. The molecule has 25 heavy (non-hydrogen) atoms. The molecule has 0 saturated heterocycles. The summed E-state index contributed by atoms with van der Waals surface area (Å²) in [5, 5.41) is 13.0. The number of hydrogen-bond acceptors (Lipinski definition) is 1. The number of benzene rings is 4. The second kappa shape index (κ2) is 5.52. The Hall–Kier alpha value is -3.01. The fourth-order valence-corrected chi connectivity index (χ4v) is 3.30. The molecule has 0 fully saturated rings. The van der Waals surface area contributed by atoms with Gasteiger partial charge >= 0.3 is 6.18 Å². The van der Waals surface area contributed by atoms with Gasteiger partial charge in [-0.3, -0.25) is 0 Å². The van der Waals surface area contributed by atoms with Crippen LogP contribution in [0.4, 0.5) is 13.2 Å². The second-order valence-corrected chi connectivity index (χ2v) is 5.89. The smallest absolute Gasteiger partial charge is 0.417 e. The Balaban J connectivity index is 2.23. The Morgan fingerprint density at radius 2 is 1.12 bits per heavy atom. The van der Waals surface area contributed by atoms with Crippen LogP contribution in [0.1, 0.15) is 5.56 Å². The number of phenolic OH excluding ortho intramolecular Hbond substituents is 1. The van der Waals surface area contributed by atoms with Crippen LogP contribution in [0.3, 0.4) is 0 Å². The lowest BCUT2D eigenvalue weighted by Crippen LogP contribution is -2.07. The van der Waals surface area contributed by atoms with Crippen molar-refractivity contribution in [1.82, 2.24) is 0 Å². The van der Waals surface area contributed by atoms with E-state index < -0.39 is 11.7 Å². The molecule has 0 radical (unpaired) electrons. The molecule has 4 heteroatoms. The van der Waals surface area contributed by atoms with E-state index in [0.717, 1.165) is 11.5 Å². The predicted molar refractivity (Wildman–Crippen MR) is 93.6 cm³/mol. The standard InChI is InChI=1S/C21H13F3O/c22-21(23,24)17-11-9-13-5-1-3-7-15(13)19(17)20-16-8-4-2-6-14(16)10-12-18(20)25/h1-12,25H. The zero-order valence-electron chi connectivity index (χ0n) is 13.0. The van der Waals surface area contributed by atoms with Crippen LogP contribution < -0.4 is 0 Å². The van der Waals surface area contributed by atoms with Crippen molar-refractivity contribution in [2.75, 3.05) is 0 Å². The average Bonchev–Trinajstić information content (AvgIpc) is 2.60. The van der Waals surface area contributed by atoms with Gasteiger partial charge in [0.05, 0.1) is 5.56 Å². The Labute approximate surface area is 142 Å². The van der Waals surface area contributed by atoms with Crippen molar-refractivity contribution in [3.8, 4) is 16.9 Å². The number of hydrogen-bond donors (Lipinski definition) is 1. The summed E-state index contributed by atoms with van der Waals surface area (Å²) in [4.78, 5) is 0. The molecule has 124 valence electrons. The molecule has 0 unspecified atom stereocenters. The zero-order chi connectivity index (χ0) is 17.6. The van der Waals surface area contributed by atoms with E-state index in [0.29, 0.717) is 16.2 Å². The number of alkyl halides is 3. The van der Waals surface area contributed by atoms with Crippen molar-refractivity contribution in [3.05, 3.63) is 78.4 Å². The molecule has 0 aromatic heterocycles. The first-order valence-corrected chi connectivity index (χ1v) is 7.77. The summed E-state index contributed by atoms with van der Waals surface area (Å²) < 4.78 is 41.1. The molecule has 0 heterocycles. The van der Waals surface area contributed by atoms with Crippen LogP contribution in [0.15, 0.2) is 72.8 Å². The molecule has 0 amide bonds. The van der Waals surface area contributed by atoms with E-state index in [9.17, 15) is 18.3 Å². The zero-order valence-corrected chi connectivity index (χ0v) is 13.0. The maximum atomic E-state index is 13.7. The topological polar surface area (TPSA) is 20.2 Å². The van der Waals surface area contributed by atoms with Gasteiger partial charge in [0.25, 0.3) is 0 Å². The molecule has 0 aliphatic carbocycles. The van der Waals surface area contributed by atoms with Gasteiger partial charge in [0.15, 0.2) is 0 Å². The van der Waals surface area contributed by atoms with Crippen LogP contribution in [0.5, 0.6) is 5.75 Å². The Kier molecular flexibility index (Phi) is 3.42. The summed E-state index contributed by atoms with van der Waals surface area (Å²) in [6.07, 6.45) is -4.53. The number of phenols is 1. The first-order valence-electron chi connectivity index (χ1n) is 7.77. The molecular weight excluding hydrogens is 325 g/mol. The van der Waals surface area contributed by atoms with E-state index in [4.69, 9.17) is 0 Å². The summed E-state index contributed by atoms with van der Waals surface area (Å²) in [5.41, 5.74) is -0.528. The second-order valence-electron chi connectivity index (χ2n) is 5.89. The minimum Gasteiger partial charge on any atom is -0.507 e. The van der Waals surface area contributed by atoms with Gasteiger partial charge in [-0.2, -0.15) is 13.2 Å². The highest BCUT2D eigenvalue weighted by Gasteiger charge is 2.35. The van der Waals surface area contributed by atoms with Gasteiger partial charge in [-0.1, -0.05) is 60.7 Å². The molecule has 4 aromatic rings. The van der Waals surface area contributed by atoms with Crippen LogP contribution in [0, 0.1) is 0 Å². The molecular formula is C21H13F3O. The van der Waals surface area contributed by atoms with Crippen LogP contribution in [0.25, 0.3) is 32.7 Å². The van der Waals surface area contributed by atoms with E-state index in [2.05, 4.69) is 0 Å². The molecule has 0 aliphatic rings. The monoisotopic (exact) mass is 338 g/mol. The molecule has 4 aromatic carbocycles. The molecule has 4 rings (SSSR count). The molecule has 0 spiro atoms. The average molecular weight is 338 g/mol. The van der Waals surface area contributed by atoms with E-state index in [1.54, 1.807) is 42.5 Å². The van der Waals surface area contributed by atoms with Gasteiger partial charge in [0.1, 0.15) is 5.75 Å². The van der Waals surface area contributed by atoms with Gasteiger partial charge in [-0.15, -0.1) is 0 Å². The Bertz CT molecular complexity index is 1100. The molecule has 0 saturated carbocycles. The summed E-state index contributed by atoms with van der Waals surface area (Å²) >= 11 is 0. The lowest BCUT2D eigenvalue weighted by atomic mass is 9.89. The van der Waals surface area contributed by atoms with Gasteiger partial charge in [-0.05, 0) is 33.7 Å². The van der Waals surface area contributed by atoms with Crippen molar-refractivity contribution >= 4 is 21.5 Å². The van der Waals surface area contributed by atoms with Crippen LogP contribution in [-0.4, -0.2) is 5.11 Å². The van der Waals surface area contributed by atoms with Crippen molar-refractivity contribution in [1.29, 1.82) is 0 Å². The molecule has 0 atom stereocenters. The highest BCUT2D eigenvalue weighted by molar-refractivity contribution is 6.08. The van der Waals surface area contributed by atoms with Crippen molar-refractivity contribution in [2.45, 2.75) is 6.18 Å². The van der Waals surface area contributed by atoms with Crippen LogP contribution in [-0.2, 0) is 6.18 Å². The van der Waals surface area contributed by atoms with E-state index >= 15 is 0 Å². The SMILES string of the molecule is Oc1ccc2ccccc2c1-c1c(C(F)(F)F)ccc2ccccc12. The van der Waals surface area contributed by atoms with Crippen molar-refractivity contribution in [2.24, 2.45) is 0 Å². The minimum absolute atomic E-state index is 0.0138. The highest BCUT2D eigenvalue weighted by Crippen LogP contribution is 2.46. The number of fused-ring (bicyclic) bond motifs is 2. The number of halogens is 3. The summed E-state index contributed by atoms with van der Waals surface area (Å²) in [5.74, 6) is -0.166. The van der Waals surface area contributed by atoms with Crippen molar-refractivity contribution < 1.29 is 18.3 Å².